The molecule has 26 heteroatoms. The lowest BCUT2D eigenvalue weighted by Crippen LogP contribution is -2.54. The summed E-state index contributed by atoms with van der Waals surface area (Å²) in [6.45, 7) is 4.44. The van der Waals surface area contributed by atoms with Gasteiger partial charge in [-0.15, -0.1) is 5.10 Å². The highest BCUT2D eigenvalue weighted by Gasteiger charge is 2.45. The smallest absolute Gasteiger partial charge is 0.325 e. The number of hydrogen-bond donors (Lipinski definition) is 5. The fourth-order valence-electron chi connectivity index (χ4n) is 5.08. The average molecular weight is 900 g/mol. The second kappa shape index (κ2) is 28.0. The van der Waals surface area contributed by atoms with Crippen LogP contribution in [0.2, 0.25) is 0 Å². The molecular weight excluding hydrogens is 848 g/mol. The summed E-state index contributed by atoms with van der Waals surface area (Å²) < 4.78 is 132. The van der Waals surface area contributed by atoms with Crippen LogP contribution >= 0.6 is 7.60 Å². The van der Waals surface area contributed by atoms with Gasteiger partial charge in [-0.25, -0.2) is 17.9 Å². The summed E-state index contributed by atoms with van der Waals surface area (Å²) in [6, 6.07) is 0. The van der Waals surface area contributed by atoms with Crippen molar-refractivity contribution in [3.05, 3.63) is 41.0 Å². The molecule has 20 nitrogen and oxygen atoms in total. The van der Waals surface area contributed by atoms with E-state index in [2.05, 4.69) is 15.0 Å². The maximum Gasteiger partial charge on any atom is 0.325 e. The van der Waals surface area contributed by atoms with Gasteiger partial charge in [0.15, 0.2) is 0 Å². The van der Waals surface area contributed by atoms with Gasteiger partial charge < -0.3 is 72.5 Å². The van der Waals surface area contributed by atoms with Gasteiger partial charge in [-0.05, 0) is 6.42 Å². The van der Waals surface area contributed by atoms with Crippen LogP contribution < -0.4 is 4.74 Å². The molecule has 0 spiro atoms. The van der Waals surface area contributed by atoms with Crippen molar-refractivity contribution in [3.63, 3.8) is 0 Å². The summed E-state index contributed by atoms with van der Waals surface area (Å²) in [5.74, 6) is -14.2. The van der Waals surface area contributed by atoms with Crippen molar-refractivity contribution in [2.75, 3.05) is 112 Å². The van der Waals surface area contributed by atoms with E-state index in [0.717, 1.165) is 0 Å². The van der Waals surface area contributed by atoms with Gasteiger partial charge in [-0.3, -0.25) is 9.36 Å². The number of aromatic nitrogens is 3. The first kappa shape index (κ1) is 51.5. The van der Waals surface area contributed by atoms with Gasteiger partial charge in [-0.2, -0.15) is 8.78 Å². The lowest BCUT2D eigenvalue weighted by Gasteiger charge is -2.40. The van der Waals surface area contributed by atoms with E-state index in [-0.39, 0.29) is 51.8 Å². The molecule has 0 saturated carbocycles. The SMILES string of the molecule is O=C(CCOCCOCCOCCOCCOCCOCCOCCOCCn1cc([C@H]2O[C@H](CCP(=O)(O)O)[C@@H](O)[C@H](O)[C@@H]2O)nn1)Oc1c(F)c(F)c(F)c(F)c1F. The zero-order valence-corrected chi connectivity index (χ0v) is 33.3. The minimum absolute atomic E-state index is 0.0547. The fourth-order valence-corrected chi connectivity index (χ4v) is 5.67. The summed E-state index contributed by atoms with van der Waals surface area (Å²) in [5, 5.41) is 38.6. The Bertz CT molecular complexity index is 1570. The van der Waals surface area contributed by atoms with Crippen LogP contribution in [0.25, 0.3) is 0 Å². The maximum absolute atomic E-state index is 13.6. The van der Waals surface area contributed by atoms with Crippen LogP contribution in [0.15, 0.2) is 6.20 Å². The third kappa shape index (κ3) is 18.6. The van der Waals surface area contributed by atoms with Gasteiger partial charge in [-0.1, -0.05) is 5.21 Å². The number of nitrogens with zero attached hydrogens (tertiary/aromatic N) is 3. The van der Waals surface area contributed by atoms with E-state index in [1.165, 1.54) is 10.9 Å². The number of ether oxygens (including phenoxy) is 10. The van der Waals surface area contributed by atoms with Gasteiger partial charge in [0, 0.05) is 0 Å². The molecular formula is C34H51F5N3O17P. The fraction of sp³-hybridized carbons (Fsp3) is 0.735. The summed E-state index contributed by atoms with van der Waals surface area (Å²) in [5.41, 5.74) is 0.170. The Kier molecular flexibility index (Phi) is 24.0. The molecule has 2 heterocycles. The molecule has 60 heavy (non-hydrogen) atoms. The highest BCUT2D eigenvalue weighted by molar-refractivity contribution is 7.51. The summed E-state index contributed by atoms with van der Waals surface area (Å²) in [6.07, 6.45) is -6.82. The first-order valence-electron chi connectivity index (χ1n) is 18.7. The Balaban J connectivity index is 1.04. The molecule has 3 rings (SSSR count). The zero-order chi connectivity index (χ0) is 43.9. The number of carbonyl (C=O) groups is 1. The number of carbonyl (C=O) groups excluding carboxylic acids is 1. The van der Waals surface area contributed by atoms with Crippen molar-refractivity contribution in [1.29, 1.82) is 0 Å². The predicted molar refractivity (Wildman–Crippen MR) is 190 cm³/mol. The van der Waals surface area contributed by atoms with Crippen LogP contribution in [0.1, 0.15) is 24.6 Å². The van der Waals surface area contributed by atoms with Gasteiger partial charge in [0.25, 0.3) is 0 Å². The van der Waals surface area contributed by atoms with Gasteiger partial charge >= 0.3 is 13.6 Å². The molecule has 0 unspecified atom stereocenters. The molecule has 0 amide bonds. The lowest BCUT2D eigenvalue weighted by atomic mass is 9.92. The number of aliphatic hydroxyl groups excluding tert-OH is 3. The van der Waals surface area contributed by atoms with Crippen LogP contribution in [-0.2, 0) is 58.5 Å². The van der Waals surface area contributed by atoms with E-state index in [0.29, 0.717) is 72.6 Å². The molecule has 1 aromatic heterocycles. The largest absolute Gasteiger partial charge is 0.420 e. The first-order chi connectivity index (χ1) is 28.7. The Hall–Kier alpha value is -2.85. The quantitative estimate of drug-likeness (QED) is 0.0125. The maximum atomic E-state index is 13.6. The molecule has 1 aliphatic rings. The average Bonchev–Trinajstić information content (AvgIpc) is 3.69. The zero-order valence-electron chi connectivity index (χ0n) is 32.4. The number of hydrogen-bond acceptors (Lipinski definition) is 17. The van der Waals surface area contributed by atoms with Crippen molar-refractivity contribution >= 4 is 13.6 Å². The van der Waals surface area contributed by atoms with Crippen LogP contribution in [0.3, 0.4) is 0 Å². The van der Waals surface area contributed by atoms with Crippen molar-refractivity contribution < 1.29 is 104 Å². The second-order valence-electron chi connectivity index (χ2n) is 12.7. The summed E-state index contributed by atoms with van der Waals surface area (Å²) in [4.78, 5) is 29.9. The van der Waals surface area contributed by atoms with Gasteiger partial charge in [0.1, 0.15) is 30.1 Å². The number of aliphatic hydroxyl groups is 3. The molecule has 5 atom stereocenters. The molecule has 1 aliphatic heterocycles. The summed E-state index contributed by atoms with van der Waals surface area (Å²) >= 11 is 0. The van der Waals surface area contributed by atoms with E-state index in [9.17, 15) is 46.6 Å². The van der Waals surface area contributed by atoms with E-state index < -0.39 is 91.5 Å². The van der Waals surface area contributed by atoms with E-state index in [1.807, 2.05) is 0 Å². The number of benzene rings is 1. The third-order valence-electron chi connectivity index (χ3n) is 8.17. The van der Waals surface area contributed by atoms with Crippen LogP contribution in [-0.4, -0.2) is 182 Å². The van der Waals surface area contributed by atoms with Gasteiger partial charge in [0.2, 0.25) is 34.8 Å². The van der Waals surface area contributed by atoms with Crippen molar-refractivity contribution in [3.8, 4) is 5.75 Å². The first-order valence-corrected chi connectivity index (χ1v) is 20.5. The minimum Gasteiger partial charge on any atom is -0.420 e. The van der Waals surface area contributed by atoms with E-state index in [4.69, 9.17) is 52.4 Å². The van der Waals surface area contributed by atoms with Gasteiger partial charge in [0.05, 0.1) is 137 Å². The van der Waals surface area contributed by atoms with Crippen LogP contribution in [0.4, 0.5) is 22.0 Å². The molecule has 1 saturated heterocycles. The Morgan fingerprint density at radius 3 is 1.50 bits per heavy atom. The lowest BCUT2D eigenvalue weighted by molar-refractivity contribution is -0.225. The van der Waals surface area contributed by atoms with E-state index >= 15 is 0 Å². The van der Waals surface area contributed by atoms with Crippen molar-refractivity contribution in [1.82, 2.24) is 15.0 Å². The molecule has 0 bridgehead atoms. The molecule has 5 N–H and O–H groups in total. The Morgan fingerprint density at radius 1 is 0.633 bits per heavy atom. The highest BCUT2D eigenvalue weighted by Crippen LogP contribution is 2.39. The second-order valence-corrected chi connectivity index (χ2v) is 14.4. The molecule has 0 aliphatic carbocycles. The molecule has 0 radical (unpaired) electrons. The molecule has 344 valence electrons. The predicted octanol–water partition coefficient (Wildman–Crippen LogP) is 0.193. The molecule has 1 aromatic carbocycles. The standard InChI is InChI=1S/C34H51F5N3O17P/c35-25-26(36)28(38)34(29(39)27(25)37)59-24(43)1-4-50-6-8-52-10-12-54-14-16-56-18-19-57-17-15-55-13-11-53-9-7-51-5-3-42-21-22(40-41-42)33-32(46)31(45)30(44)23(58-33)2-20-60(47,48)49/h21,23,30-33,44-46H,1-20H2,(H2,47,48,49)/t23-,30-,31+,32+,33-/m1/s1. The Morgan fingerprint density at radius 2 is 1.05 bits per heavy atom. The van der Waals surface area contributed by atoms with E-state index in [1.54, 1.807) is 0 Å². The van der Waals surface area contributed by atoms with Crippen LogP contribution in [0, 0.1) is 29.1 Å². The summed E-state index contributed by atoms with van der Waals surface area (Å²) in [7, 11) is -4.37. The molecule has 1 fully saturated rings. The van der Waals surface area contributed by atoms with Crippen molar-refractivity contribution in [2.45, 2.75) is 49.9 Å². The van der Waals surface area contributed by atoms with Crippen LogP contribution in [0.5, 0.6) is 5.75 Å². The minimum atomic E-state index is -4.37. The number of esters is 1. The number of halogens is 5. The normalized spacial score (nSPS) is 19.6. The number of rotatable bonds is 32. The third-order valence-corrected chi connectivity index (χ3v) is 9.01. The molecule has 2 aromatic rings. The highest BCUT2D eigenvalue weighted by atomic mass is 31.2. The topological polar surface area (TPSA) is 258 Å². The van der Waals surface area contributed by atoms with Crippen molar-refractivity contribution in [2.24, 2.45) is 0 Å². The monoisotopic (exact) mass is 899 g/mol. The Labute approximate surface area is 340 Å².